The fraction of sp³-hybridized carbons (Fsp3) is 0.0833. The summed E-state index contributed by atoms with van der Waals surface area (Å²) in [5, 5.41) is 3.11. The molecule has 1 N–H and O–H groups in total. The summed E-state index contributed by atoms with van der Waals surface area (Å²) in [5.41, 5.74) is 1.41. The standard InChI is InChI=1S/C12H10ClN3O/c1-8-6-14-12(15-7-8)16-11(17)9-3-2-4-10(13)5-9/h2-7H,1H3,(H,14,15,16,17). The van der Waals surface area contributed by atoms with Crippen LogP contribution in [-0.4, -0.2) is 15.9 Å². The first-order valence-electron chi connectivity index (χ1n) is 5.01. The molecule has 0 aliphatic carbocycles. The number of benzene rings is 1. The highest BCUT2D eigenvalue weighted by atomic mass is 35.5. The van der Waals surface area contributed by atoms with Gasteiger partial charge in [0, 0.05) is 23.0 Å². The van der Waals surface area contributed by atoms with Gasteiger partial charge in [0.05, 0.1) is 0 Å². The topological polar surface area (TPSA) is 54.9 Å². The largest absolute Gasteiger partial charge is 0.290 e. The number of halogens is 1. The van der Waals surface area contributed by atoms with E-state index >= 15 is 0 Å². The molecule has 86 valence electrons. The van der Waals surface area contributed by atoms with Crippen molar-refractivity contribution in [2.24, 2.45) is 0 Å². The van der Waals surface area contributed by atoms with E-state index in [-0.39, 0.29) is 11.9 Å². The molecule has 17 heavy (non-hydrogen) atoms. The van der Waals surface area contributed by atoms with E-state index in [1.165, 1.54) is 0 Å². The summed E-state index contributed by atoms with van der Waals surface area (Å²) >= 11 is 5.80. The van der Waals surface area contributed by atoms with Crippen molar-refractivity contribution in [3.8, 4) is 0 Å². The van der Waals surface area contributed by atoms with Crippen molar-refractivity contribution < 1.29 is 4.79 Å². The second-order valence-electron chi connectivity index (χ2n) is 3.55. The van der Waals surface area contributed by atoms with Gasteiger partial charge in [-0.25, -0.2) is 9.97 Å². The molecule has 4 nitrogen and oxygen atoms in total. The number of nitrogens with zero attached hydrogens (tertiary/aromatic N) is 2. The van der Waals surface area contributed by atoms with Crippen LogP contribution in [0.25, 0.3) is 0 Å². The molecule has 1 heterocycles. The fourth-order valence-corrected chi connectivity index (χ4v) is 1.45. The third kappa shape index (κ3) is 3.01. The number of hydrogen-bond donors (Lipinski definition) is 1. The van der Waals surface area contributed by atoms with Crippen molar-refractivity contribution in [3.63, 3.8) is 0 Å². The Morgan fingerprint density at radius 3 is 2.65 bits per heavy atom. The van der Waals surface area contributed by atoms with Crippen LogP contribution in [0.15, 0.2) is 36.7 Å². The van der Waals surface area contributed by atoms with Gasteiger partial charge in [0.15, 0.2) is 0 Å². The van der Waals surface area contributed by atoms with Gasteiger partial charge in [-0.15, -0.1) is 0 Å². The summed E-state index contributed by atoms with van der Waals surface area (Å²) in [6.07, 6.45) is 3.28. The molecule has 0 aliphatic heterocycles. The van der Waals surface area contributed by atoms with Crippen LogP contribution in [0.2, 0.25) is 5.02 Å². The quantitative estimate of drug-likeness (QED) is 0.888. The number of carbonyl (C=O) groups is 1. The highest BCUT2D eigenvalue weighted by molar-refractivity contribution is 6.31. The monoisotopic (exact) mass is 247 g/mol. The number of aromatic nitrogens is 2. The maximum absolute atomic E-state index is 11.8. The van der Waals surface area contributed by atoms with Crippen molar-refractivity contribution >= 4 is 23.5 Å². The molecular weight excluding hydrogens is 238 g/mol. The smallest absolute Gasteiger partial charge is 0.258 e. The van der Waals surface area contributed by atoms with E-state index in [1.54, 1.807) is 36.7 Å². The van der Waals surface area contributed by atoms with Crippen LogP contribution in [0.4, 0.5) is 5.95 Å². The summed E-state index contributed by atoms with van der Waals surface area (Å²) in [4.78, 5) is 19.8. The minimum absolute atomic E-state index is 0.278. The van der Waals surface area contributed by atoms with E-state index in [1.807, 2.05) is 6.92 Å². The van der Waals surface area contributed by atoms with Gasteiger partial charge >= 0.3 is 0 Å². The van der Waals surface area contributed by atoms with Crippen LogP contribution in [-0.2, 0) is 0 Å². The molecule has 0 saturated heterocycles. The van der Waals surface area contributed by atoms with Crippen molar-refractivity contribution in [1.29, 1.82) is 0 Å². The Morgan fingerprint density at radius 2 is 2.00 bits per heavy atom. The first-order valence-corrected chi connectivity index (χ1v) is 5.38. The van der Waals surface area contributed by atoms with Crippen molar-refractivity contribution in [1.82, 2.24) is 9.97 Å². The van der Waals surface area contributed by atoms with E-state index in [2.05, 4.69) is 15.3 Å². The van der Waals surface area contributed by atoms with Crippen LogP contribution in [0.1, 0.15) is 15.9 Å². The third-order valence-corrected chi connectivity index (χ3v) is 2.33. The molecule has 5 heteroatoms. The molecule has 2 aromatic rings. The van der Waals surface area contributed by atoms with Gasteiger partial charge in [-0.2, -0.15) is 0 Å². The molecule has 0 spiro atoms. The Hall–Kier alpha value is -1.94. The van der Waals surface area contributed by atoms with E-state index in [0.29, 0.717) is 10.6 Å². The number of hydrogen-bond acceptors (Lipinski definition) is 3. The second kappa shape index (κ2) is 4.93. The van der Waals surface area contributed by atoms with Crippen LogP contribution < -0.4 is 5.32 Å². The average molecular weight is 248 g/mol. The zero-order valence-corrected chi connectivity index (χ0v) is 9.90. The molecular formula is C12H10ClN3O. The van der Waals surface area contributed by atoms with Gasteiger partial charge in [-0.05, 0) is 30.7 Å². The summed E-state index contributed by atoms with van der Waals surface area (Å²) in [6, 6.07) is 6.69. The number of anilines is 1. The van der Waals surface area contributed by atoms with Crippen LogP contribution in [0.3, 0.4) is 0 Å². The first-order chi connectivity index (χ1) is 8.15. The zero-order chi connectivity index (χ0) is 12.3. The summed E-state index contributed by atoms with van der Waals surface area (Å²) in [6.45, 7) is 1.88. The Balaban J connectivity index is 2.14. The fourth-order valence-electron chi connectivity index (χ4n) is 1.26. The highest BCUT2D eigenvalue weighted by Crippen LogP contribution is 2.11. The van der Waals surface area contributed by atoms with Crippen molar-refractivity contribution in [2.45, 2.75) is 6.92 Å². The lowest BCUT2D eigenvalue weighted by atomic mass is 10.2. The molecule has 0 fully saturated rings. The van der Waals surface area contributed by atoms with E-state index in [4.69, 9.17) is 11.6 Å². The van der Waals surface area contributed by atoms with Gasteiger partial charge in [-0.3, -0.25) is 10.1 Å². The van der Waals surface area contributed by atoms with Crippen LogP contribution >= 0.6 is 11.6 Å². The van der Waals surface area contributed by atoms with Gasteiger partial charge < -0.3 is 0 Å². The number of nitrogens with one attached hydrogen (secondary N) is 1. The molecule has 0 radical (unpaired) electrons. The molecule has 0 bridgehead atoms. The Morgan fingerprint density at radius 1 is 1.29 bits per heavy atom. The zero-order valence-electron chi connectivity index (χ0n) is 9.14. The summed E-state index contributed by atoms with van der Waals surface area (Å²) in [5.74, 6) is -0.00284. The van der Waals surface area contributed by atoms with Crippen LogP contribution in [0, 0.1) is 6.92 Å². The third-order valence-electron chi connectivity index (χ3n) is 2.09. The molecule has 0 unspecified atom stereocenters. The Bertz CT molecular complexity index is 540. The van der Waals surface area contributed by atoms with Gasteiger partial charge in [0.2, 0.25) is 5.95 Å². The number of aryl methyl sites for hydroxylation is 1. The highest BCUT2D eigenvalue weighted by Gasteiger charge is 2.07. The Labute approximate surface area is 104 Å². The normalized spacial score (nSPS) is 10.0. The molecule has 0 saturated carbocycles. The van der Waals surface area contributed by atoms with E-state index in [0.717, 1.165) is 5.56 Å². The van der Waals surface area contributed by atoms with Gasteiger partial charge in [0.1, 0.15) is 0 Å². The van der Waals surface area contributed by atoms with Crippen molar-refractivity contribution in [2.75, 3.05) is 5.32 Å². The maximum Gasteiger partial charge on any atom is 0.258 e. The Kier molecular flexibility index (Phi) is 3.35. The lowest BCUT2D eigenvalue weighted by Crippen LogP contribution is -2.13. The molecule has 1 aromatic carbocycles. The lowest BCUT2D eigenvalue weighted by Gasteiger charge is -2.03. The number of amides is 1. The molecule has 1 aromatic heterocycles. The predicted octanol–water partition coefficient (Wildman–Crippen LogP) is 2.69. The first kappa shape index (κ1) is 11.5. The van der Waals surface area contributed by atoms with E-state index in [9.17, 15) is 4.79 Å². The SMILES string of the molecule is Cc1cnc(NC(=O)c2cccc(Cl)c2)nc1. The summed E-state index contributed by atoms with van der Waals surface area (Å²) < 4.78 is 0. The molecule has 0 aliphatic rings. The average Bonchev–Trinajstić information content (AvgIpc) is 2.32. The van der Waals surface area contributed by atoms with Gasteiger partial charge in [-0.1, -0.05) is 17.7 Å². The van der Waals surface area contributed by atoms with Gasteiger partial charge in [0.25, 0.3) is 5.91 Å². The molecule has 2 rings (SSSR count). The molecule has 0 atom stereocenters. The number of rotatable bonds is 2. The molecule has 1 amide bonds. The van der Waals surface area contributed by atoms with E-state index < -0.39 is 0 Å². The lowest BCUT2D eigenvalue weighted by molar-refractivity contribution is 0.102. The minimum Gasteiger partial charge on any atom is -0.290 e. The second-order valence-corrected chi connectivity index (χ2v) is 3.98. The van der Waals surface area contributed by atoms with Crippen molar-refractivity contribution in [3.05, 3.63) is 52.8 Å². The predicted molar refractivity (Wildman–Crippen MR) is 66.2 cm³/mol. The number of carbonyl (C=O) groups excluding carboxylic acids is 1. The summed E-state index contributed by atoms with van der Waals surface area (Å²) in [7, 11) is 0. The van der Waals surface area contributed by atoms with Crippen LogP contribution in [0.5, 0.6) is 0 Å². The maximum atomic E-state index is 11.8. The minimum atomic E-state index is -0.281.